The average molecular weight is 356 g/mol. The molecule has 25 heavy (non-hydrogen) atoms. The maximum atomic E-state index is 12.2. The zero-order chi connectivity index (χ0) is 17.1. The Labute approximate surface area is 147 Å². The molecular weight excluding hydrogens is 340 g/mol. The molecule has 128 valence electrons. The standard InChI is InChI=1S/C16H16N6O2S/c23-15(13-9-22(21-18-13)12-6-7-24-10-12)17-8-14-19-20-16(25-14)11-4-2-1-3-5-11/h1-5,9,12H,6-8,10H2,(H,17,23). The first-order valence-electron chi connectivity index (χ1n) is 7.95. The lowest BCUT2D eigenvalue weighted by Gasteiger charge is -2.05. The molecule has 1 unspecified atom stereocenters. The third-order valence-corrected chi connectivity index (χ3v) is 4.88. The van der Waals surface area contributed by atoms with E-state index in [4.69, 9.17) is 4.74 Å². The first kappa shape index (κ1) is 15.9. The van der Waals surface area contributed by atoms with Gasteiger partial charge in [-0.3, -0.25) is 4.79 Å². The second-order valence-electron chi connectivity index (χ2n) is 5.65. The minimum atomic E-state index is -0.276. The van der Waals surface area contributed by atoms with Crippen LogP contribution in [-0.2, 0) is 11.3 Å². The Morgan fingerprint density at radius 3 is 2.96 bits per heavy atom. The summed E-state index contributed by atoms with van der Waals surface area (Å²) in [7, 11) is 0. The molecule has 0 spiro atoms. The van der Waals surface area contributed by atoms with Gasteiger partial charge >= 0.3 is 0 Å². The minimum Gasteiger partial charge on any atom is -0.379 e. The molecule has 1 aliphatic heterocycles. The molecule has 2 aromatic heterocycles. The van der Waals surface area contributed by atoms with Crippen LogP contribution < -0.4 is 5.32 Å². The summed E-state index contributed by atoms with van der Waals surface area (Å²) in [5.41, 5.74) is 1.30. The monoisotopic (exact) mass is 356 g/mol. The summed E-state index contributed by atoms with van der Waals surface area (Å²) in [6, 6.07) is 9.98. The highest BCUT2D eigenvalue weighted by molar-refractivity contribution is 7.14. The van der Waals surface area contributed by atoms with E-state index in [0.29, 0.717) is 25.5 Å². The maximum absolute atomic E-state index is 12.2. The predicted molar refractivity (Wildman–Crippen MR) is 91.0 cm³/mol. The summed E-state index contributed by atoms with van der Waals surface area (Å²) >= 11 is 1.45. The van der Waals surface area contributed by atoms with Gasteiger partial charge in [0.2, 0.25) is 0 Å². The molecule has 1 aromatic carbocycles. The molecule has 1 fully saturated rings. The van der Waals surface area contributed by atoms with E-state index < -0.39 is 0 Å². The molecule has 0 aliphatic carbocycles. The van der Waals surface area contributed by atoms with Gasteiger partial charge in [-0.15, -0.1) is 15.3 Å². The van der Waals surface area contributed by atoms with E-state index in [0.717, 1.165) is 22.0 Å². The van der Waals surface area contributed by atoms with Crippen LogP contribution in [0.2, 0.25) is 0 Å². The van der Waals surface area contributed by atoms with Crippen molar-refractivity contribution >= 4 is 17.2 Å². The summed E-state index contributed by atoms with van der Waals surface area (Å²) < 4.78 is 7.02. The number of aromatic nitrogens is 5. The van der Waals surface area contributed by atoms with E-state index in [1.165, 1.54) is 11.3 Å². The Bertz CT molecular complexity index is 856. The van der Waals surface area contributed by atoms with E-state index >= 15 is 0 Å². The fourth-order valence-corrected chi connectivity index (χ4v) is 3.34. The quantitative estimate of drug-likeness (QED) is 0.747. The first-order valence-corrected chi connectivity index (χ1v) is 8.77. The van der Waals surface area contributed by atoms with Crippen molar-refractivity contribution in [2.45, 2.75) is 19.0 Å². The van der Waals surface area contributed by atoms with Crippen LogP contribution >= 0.6 is 11.3 Å². The van der Waals surface area contributed by atoms with Gasteiger partial charge in [-0.1, -0.05) is 46.9 Å². The summed E-state index contributed by atoms with van der Waals surface area (Å²) in [6.45, 7) is 1.63. The average Bonchev–Trinajstić information content (AvgIpc) is 3.41. The van der Waals surface area contributed by atoms with Gasteiger partial charge in [0.25, 0.3) is 5.91 Å². The number of carbonyl (C=O) groups is 1. The predicted octanol–water partition coefficient (Wildman–Crippen LogP) is 1.69. The van der Waals surface area contributed by atoms with Crippen molar-refractivity contribution in [1.29, 1.82) is 0 Å². The lowest BCUT2D eigenvalue weighted by molar-refractivity contribution is 0.0945. The Morgan fingerprint density at radius 2 is 2.16 bits per heavy atom. The fraction of sp³-hybridized carbons (Fsp3) is 0.312. The Hall–Kier alpha value is -2.65. The molecule has 3 aromatic rings. The lowest BCUT2D eigenvalue weighted by atomic mass is 10.2. The van der Waals surface area contributed by atoms with Gasteiger partial charge in [-0.25, -0.2) is 4.68 Å². The zero-order valence-electron chi connectivity index (χ0n) is 13.3. The second-order valence-corrected chi connectivity index (χ2v) is 6.71. The van der Waals surface area contributed by atoms with Crippen LogP contribution in [0.4, 0.5) is 0 Å². The summed E-state index contributed by atoms with van der Waals surface area (Å²) in [6.07, 6.45) is 2.54. The normalized spacial score (nSPS) is 16.9. The molecule has 0 bridgehead atoms. The van der Waals surface area contributed by atoms with E-state index in [-0.39, 0.29) is 11.9 Å². The Kier molecular flexibility index (Phi) is 4.49. The third kappa shape index (κ3) is 3.57. The van der Waals surface area contributed by atoms with Crippen LogP contribution in [-0.4, -0.2) is 44.3 Å². The number of hydrogen-bond donors (Lipinski definition) is 1. The molecular formula is C16H16N6O2S. The van der Waals surface area contributed by atoms with Crippen molar-refractivity contribution in [3.05, 3.63) is 47.2 Å². The molecule has 3 heterocycles. The molecule has 1 atom stereocenters. The van der Waals surface area contributed by atoms with Crippen molar-refractivity contribution in [1.82, 2.24) is 30.5 Å². The maximum Gasteiger partial charge on any atom is 0.273 e. The molecule has 1 saturated heterocycles. The molecule has 9 heteroatoms. The van der Waals surface area contributed by atoms with Gasteiger partial charge in [0.05, 0.1) is 25.4 Å². The number of nitrogens with zero attached hydrogens (tertiary/aromatic N) is 5. The zero-order valence-corrected chi connectivity index (χ0v) is 14.1. The molecule has 4 rings (SSSR count). The number of nitrogens with one attached hydrogen (secondary N) is 1. The molecule has 0 saturated carbocycles. The van der Waals surface area contributed by atoms with Gasteiger partial charge in [0.15, 0.2) is 5.69 Å². The summed E-state index contributed by atoms with van der Waals surface area (Å²) in [4.78, 5) is 12.2. The number of rotatable bonds is 5. The molecule has 1 aliphatic rings. The molecule has 1 amide bonds. The number of ether oxygens (including phenoxy) is 1. The third-order valence-electron chi connectivity index (χ3n) is 3.91. The van der Waals surface area contributed by atoms with Gasteiger partial charge in [-0.2, -0.15) is 0 Å². The highest BCUT2D eigenvalue weighted by Crippen LogP contribution is 2.23. The number of carbonyl (C=O) groups excluding carboxylic acids is 1. The van der Waals surface area contributed by atoms with E-state index in [9.17, 15) is 4.79 Å². The van der Waals surface area contributed by atoms with Gasteiger partial charge in [0.1, 0.15) is 10.0 Å². The van der Waals surface area contributed by atoms with Crippen molar-refractivity contribution < 1.29 is 9.53 Å². The SMILES string of the molecule is O=C(NCc1nnc(-c2ccccc2)s1)c1cn(C2CCOC2)nn1. The highest BCUT2D eigenvalue weighted by atomic mass is 32.1. The summed E-state index contributed by atoms with van der Waals surface area (Å²) in [5.74, 6) is -0.276. The Balaban J connectivity index is 1.37. The first-order chi connectivity index (χ1) is 12.3. The van der Waals surface area contributed by atoms with E-state index in [1.54, 1.807) is 10.9 Å². The second kappa shape index (κ2) is 7.08. The topological polar surface area (TPSA) is 94.8 Å². The van der Waals surface area contributed by atoms with Crippen LogP contribution in [0.1, 0.15) is 28.0 Å². The lowest BCUT2D eigenvalue weighted by Crippen LogP contribution is -2.23. The van der Waals surface area contributed by atoms with Gasteiger partial charge < -0.3 is 10.1 Å². The summed E-state index contributed by atoms with van der Waals surface area (Å²) in [5, 5.41) is 20.6. The number of benzene rings is 1. The molecule has 0 radical (unpaired) electrons. The van der Waals surface area contributed by atoms with Crippen molar-refractivity contribution in [2.75, 3.05) is 13.2 Å². The van der Waals surface area contributed by atoms with Crippen LogP contribution in [0.5, 0.6) is 0 Å². The number of hydrogen-bond acceptors (Lipinski definition) is 7. The van der Waals surface area contributed by atoms with Crippen molar-refractivity contribution in [3.63, 3.8) is 0 Å². The van der Waals surface area contributed by atoms with E-state index in [1.807, 2.05) is 30.3 Å². The van der Waals surface area contributed by atoms with Crippen LogP contribution in [0, 0.1) is 0 Å². The Morgan fingerprint density at radius 1 is 1.28 bits per heavy atom. The highest BCUT2D eigenvalue weighted by Gasteiger charge is 2.20. The van der Waals surface area contributed by atoms with Crippen LogP contribution in [0.25, 0.3) is 10.6 Å². The van der Waals surface area contributed by atoms with Crippen molar-refractivity contribution in [2.24, 2.45) is 0 Å². The number of amides is 1. The van der Waals surface area contributed by atoms with Crippen LogP contribution in [0.15, 0.2) is 36.5 Å². The smallest absolute Gasteiger partial charge is 0.273 e. The van der Waals surface area contributed by atoms with Crippen molar-refractivity contribution in [3.8, 4) is 10.6 Å². The van der Waals surface area contributed by atoms with Gasteiger partial charge in [-0.05, 0) is 6.42 Å². The molecule has 1 N–H and O–H groups in total. The minimum absolute atomic E-state index is 0.158. The molecule has 8 nitrogen and oxygen atoms in total. The van der Waals surface area contributed by atoms with E-state index in [2.05, 4.69) is 25.8 Å². The largest absolute Gasteiger partial charge is 0.379 e. The van der Waals surface area contributed by atoms with Gasteiger partial charge in [0, 0.05) is 12.2 Å². The fourth-order valence-electron chi connectivity index (χ4n) is 2.56. The van der Waals surface area contributed by atoms with Crippen LogP contribution in [0.3, 0.4) is 0 Å².